The molecule has 0 bridgehead atoms. The molecule has 2 aromatic carbocycles. The highest BCUT2D eigenvalue weighted by Crippen LogP contribution is 2.36. The second-order valence-electron chi connectivity index (χ2n) is 8.31. The lowest BCUT2D eigenvalue weighted by Crippen LogP contribution is -2.16. The third-order valence-corrected chi connectivity index (χ3v) is 7.74. The van der Waals surface area contributed by atoms with Crippen LogP contribution >= 0.6 is 23.1 Å². The number of hydrogen-bond acceptors (Lipinski definition) is 6. The van der Waals surface area contributed by atoms with E-state index in [-0.39, 0.29) is 17.2 Å². The molecule has 0 spiro atoms. The molecular weight excluding hydrogens is 452 g/mol. The molecule has 0 saturated carbocycles. The van der Waals surface area contributed by atoms with Gasteiger partial charge in [0, 0.05) is 21.9 Å². The lowest BCUT2D eigenvalue weighted by Gasteiger charge is -2.17. The summed E-state index contributed by atoms with van der Waals surface area (Å²) in [6.45, 7) is 2.25. The zero-order valence-corrected chi connectivity index (χ0v) is 19.8. The van der Waals surface area contributed by atoms with Crippen LogP contribution in [-0.2, 0) is 17.6 Å². The number of anilines is 3. The number of carbonyl (C=O) groups is 1. The van der Waals surface area contributed by atoms with E-state index >= 15 is 0 Å². The molecule has 0 fully saturated rings. The molecule has 1 unspecified atom stereocenters. The van der Waals surface area contributed by atoms with Gasteiger partial charge in [-0.25, -0.2) is 4.98 Å². The number of rotatable bonds is 6. The number of aromatic nitrogens is 2. The highest BCUT2D eigenvalue weighted by molar-refractivity contribution is 7.99. The van der Waals surface area contributed by atoms with Gasteiger partial charge in [0.2, 0.25) is 5.91 Å². The molecule has 2 heterocycles. The summed E-state index contributed by atoms with van der Waals surface area (Å²) >= 11 is 2.86. The summed E-state index contributed by atoms with van der Waals surface area (Å²) in [7, 11) is 0. The molecule has 33 heavy (non-hydrogen) atoms. The monoisotopic (exact) mass is 476 g/mol. The number of hydrogen-bond donors (Lipinski definition) is 3. The van der Waals surface area contributed by atoms with Crippen LogP contribution in [0.2, 0.25) is 0 Å². The second kappa shape index (κ2) is 9.41. The lowest BCUT2D eigenvalue weighted by atomic mass is 9.89. The van der Waals surface area contributed by atoms with Crippen LogP contribution in [0.4, 0.5) is 17.1 Å². The Hall–Kier alpha value is -3.10. The van der Waals surface area contributed by atoms with Crippen molar-refractivity contribution in [2.75, 3.05) is 16.4 Å². The van der Waals surface area contributed by atoms with Crippen LogP contribution in [-0.4, -0.2) is 21.6 Å². The van der Waals surface area contributed by atoms with Crippen molar-refractivity contribution in [2.24, 2.45) is 5.92 Å². The van der Waals surface area contributed by atoms with E-state index < -0.39 is 0 Å². The zero-order chi connectivity index (χ0) is 22.8. The molecule has 5 rings (SSSR count). The van der Waals surface area contributed by atoms with Crippen molar-refractivity contribution in [2.45, 2.75) is 31.3 Å². The van der Waals surface area contributed by atoms with E-state index in [9.17, 15) is 9.59 Å². The molecule has 0 saturated heterocycles. The third kappa shape index (κ3) is 4.96. The van der Waals surface area contributed by atoms with Gasteiger partial charge in [-0.15, -0.1) is 11.3 Å². The van der Waals surface area contributed by atoms with Crippen molar-refractivity contribution >= 4 is 56.3 Å². The number of benzene rings is 2. The number of aromatic amines is 1. The Morgan fingerprint density at radius 2 is 1.85 bits per heavy atom. The Morgan fingerprint density at radius 1 is 1.12 bits per heavy atom. The number of nitrogens with one attached hydrogen (secondary N) is 3. The van der Waals surface area contributed by atoms with Crippen LogP contribution < -0.4 is 16.2 Å². The third-order valence-electron chi connectivity index (χ3n) is 5.71. The van der Waals surface area contributed by atoms with Gasteiger partial charge in [-0.2, -0.15) is 0 Å². The number of aryl methyl sites for hydroxylation is 1. The Labute approximate surface area is 199 Å². The molecule has 1 amide bonds. The van der Waals surface area contributed by atoms with Crippen LogP contribution in [0, 0.1) is 5.92 Å². The standard InChI is InChI=1S/C25H24N4O2S2/c1-15-7-12-19-20(13-15)33-24-22(19)23(31)28-25(29-24)32-14-21(30)27-18-10-8-17(9-11-18)26-16-5-3-2-4-6-16/h2-6,8-11,15,26H,7,12-14H2,1H3,(H,27,30)(H,28,29,31). The van der Waals surface area contributed by atoms with Crippen molar-refractivity contribution < 1.29 is 4.79 Å². The maximum Gasteiger partial charge on any atom is 0.260 e. The summed E-state index contributed by atoms with van der Waals surface area (Å²) < 4.78 is 0. The van der Waals surface area contributed by atoms with Gasteiger partial charge < -0.3 is 15.6 Å². The van der Waals surface area contributed by atoms with E-state index in [0.29, 0.717) is 11.1 Å². The number of amides is 1. The number of thiophene rings is 1. The van der Waals surface area contributed by atoms with Crippen molar-refractivity contribution in [1.82, 2.24) is 9.97 Å². The van der Waals surface area contributed by atoms with Crippen LogP contribution in [0.3, 0.4) is 0 Å². The van der Waals surface area contributed by atoms with Gasteiger partial charge in [-0.05, 0) is 67.1 Å². The summed E-state index contributed by atoms with van der Waals surface area (Å²) in [6.07, 6.45) is 3.06. The van der Waals surface area contributed by atoms with Gasteiger partial charge in [0.1, 0.15) is 4.83 Å². The minimum absolute atomic E-state index is 0.100. The average molecular weight is 477 g/mol. The minimum atomic E-state index is -0.147. The second-order valence-corrected chi connectivity index (χ2v) is 10.4. The summed E-state index contributed by atoms with van der Waals surface area (Å²) in [5.74, 6) is 0.664. The quantitative estimate of drug-likeness (QED) is 0.250. The Balaban J connectivity index is 1.21. The molecule has 1 aliphatic carbocycles. The van der Waals surface area contributed by atoms with E-state index in [1.54, 1.807) is 11.3 Å². The first-order valence-corrected chi connectivity index (χ1v) is 12.7. The summed E-state index contributed by atoms with van der Waals surface area (Å²) in [4.78, 5) is 34.7. The summed E-state index contributed by atoms with van der Waals surface area (Å²) in [5.41, 5.74) is 3.73. The van der Waals surface area contributed by atoms with Gasteiger partial charge >= 0.3 is 0 Å². The van der Waals surface area contributed by atoms with Gasteiger partial charge in [0.15, 0.2) is 5.16 Å². The van der Waals surface area contributed by atoms with Gasteiger partial charge in [0.25, 0.3) is 5.56 Å². The normalized spacial score (nSPS) is 15.2. The van der Waals surface area contributed by atoms with Gasteiger partial charge in [-0.1, -0.05) is 36.9 Å². The smallest absolute Gasteiger partial charge is 0.260 e. The number of carbonyl (C=O) groups excluding carboxylic acids is 1. The number of thioether (sulfide) groups is 1. The summed E-state index contributed by atoms with van der Waals surface area (Å²) in [5, 5.41) is 7.43. The molecule has 0 aliphatic heterocycles. The van der Waals surface area contributed by atoms with Crippen LogP contribution in [0.15, 0.2) is 64.5 Å². The lowest BCUT2D eigenvalue weighted by molar-refractivity contribution is -0.113. The number of para-hydroxylation sites is 1. The zero-order valence-electron chi connectivity index (χ0n) is 18.2. The molecule has 8 heteroatoms. The molecule has 1 aliphatic rings. The van der Waals surface area contributed by atoms with E-state index in [0.717, 1.165) is 46.5 Å². The fraction of sp³-hybridized carbons (Fsp3) is 0.240. The highest BCUT2D eigenvalue weighted by Gasteiger charge is 2.23. The number of nitrogens with zero attached hydrogens (tertiary/aromatic N) is 1. The van der Waals surface area contributed by atoms with Crippen molar-refractivity contribution in [3.63, 3.8) is 0 Å². The van der Waals surface area contributed by atoms with Crippen LogP contribution in [0.1, 0.15) is 23.8 Å². The first kappa shape index (κ1) is 21.7. The van der Waals surface area contributed by atoms with Crippen LogP contribution in [0.5, 0.6) is 0 Å². The van der Waals surface area contributed by atoms with Gasteiger partial charge in [-0.3, -0.25) is 9.59 Å². The highest BCUT2D eigenvalue weighted by atomic mass is 32.2. The maximum atomic E-state index is 12.7. The Morgan fingerprint density at radius 3 is 2.64 bits per heavy atom. The van der Waals surface area contributed by atoms with E-state index in [1.165, 1.54) is 22.2 Å². The van der Waals surface area contributed by atoms with E-state index in [1.807, 2.05) is 54.6 Å². The number of fused-ring (bicyclic) bond motifs is 3. The molecule has 4 aromatic rings. The largest absolute Gasteiger partial charge is 0.356 e. The first-order valence-electron chi connectivity index (χ1n) is 10.9. The predicted molar refractivity (Wildman–Crippen MR) is 137 cm³/mol. The van der Waals surface area contributed by atoms with E-state index in [2.05, 4.69) is 27.5 Å². The minimum Gasteiger partial charge on any atom is -0.356 e. The molecule has 0 radical (unpaired) electrons. The van der Waals surface area contributed by atoms with Gasteiger partial charge in [0.05, 0.1) is 11.1 Å². The fourth-order valence-corrected chi connectivity index (χ4v) is 6.16. The van der Waals surface area contributed by atoms with Crippen molar-refractivity contribution in [3.05, 3.63) is 75.4 Å². The molecule has 1 atom stereocenters. The SMILES string of the molecule is CC1CCc2c(sc3nc(SCC(=O)Nc4ccc(Nc5ccccc5)cc4)[nH]c(=O)c23)C1. The maximum absolute atomic E-state index is 12.7. The molecule has 3 N–H and O–H groups in total. The molecule has 2 aromatic heterocycles. The predicted octanol–water partition coefficient (Wildman–Crippen LogP) is 5.58. The summed E-state index contributed by atoms with van der Waals surface area (Å²) in [6, 6.07) is 17.5. The van der Waals surface area contributed by atoms with Crippen molar-refractivity contribution in [1.29, 1.82) is 0 Å². The Bertz CT molecular complexity index is 1350. The molecule has 168 valence electrons. The Kier molecular flexibility index (Phi) is 6.20. The number of H-pyrrole nitrogens is 1. The first-order chi connectivity index (χ1) is 16.0. The fourth-order valence-electron chi connectivity index (χ4n) is 4.05. The molecule has 6 nitrogen and oxygen atoms in total. The topological polar surface area (TPSA) is 86.9 Å². The van der Waals surface area contributed by atoms with E-state index in [4.69, 9.17) is 0 Å². The average Bonchev–Trinajstić information content (AvgIpc) is 3.17. The molecular formula is C25H24N4O2S2. The van der Waals surface area contributed by atoms with Crippen molar-refractivity contribution in [3.8, 4) is 0 Å². The van der Waals surface area contributed by atoms with Crippen LogP contribution in [0.25, 0.3) is 10.2 Å².